The van der Waals surface area contributed by atoms with E-state index in [1.807, 2.05) is 6.92 Å². The Labute approximate surface area is 101 Å². The van der Waals surface area contributed by atoms with Gasteiger partial charge in [-0.3, -0.25) is 4.79 Å². The second kappa shape index (κ2) is 5.70. The van der Waals surface area contributed by atoms with E-state index in [4.69, 9.17) is 0 Å². The summed E-state index contributed by atoms with van der Waals surface area (Å²) in [5.74, 6) is 0.161. The first-order valence-electron chi connectivity index (χ1n) is 6.35. The molecule has 96 valence electrons. The van der Waals surface area contributed by atoms with Crippen LogP contribution >= 0.6 is 0 Å². The minimum Gasteiger partial charge on any atom is -0.353 e. The molecule has 0 aliphatic heterocycles. The summed E-state index contributed by atoms with van der Waals surface area (Å²) in [6, 6.07) is 0.277. The fraction of sp³-hybridized carbons (Fsp3) is 0.929. The first-order chi connectivity index (χ1) is 7.06. The highest BCUT2D eigenvalue weighted by Gasteiger charge is 2.27. The van der Waals surface area contributed by atoms with Crippen molar-refractivity contribution >= 4 is 5.91 Å². The smallest absolute Gasteiger partial charge is 0.219 e. The van der Waals surface area contributed by atoms with Gasteiger partial charge >= 0.3 is 0 Å². The van der Waals surface area contributed by atoms with Crippen LogP contribution < -0.4 is 5.32 Å². The number of carbonyl (C=O) groups is 1. The lowest BCUT2D eigenvalue weighted by Crippen LogP contribution is -2.43. The van der Waals surface area contributed by atoms with Gasteiger partial charge in [0.2, 0.25) is 5.91 Å². The highest BCUT2D eigenvalue weighted by Crippen LogP contribution is 2.28. The molecule has 0 heterocycles. The lowest BCUT2D eigenvalue weighted by molar-refractivity contribution is -0.122. The van der Waals surface area contributed by atoms with Gasteiger partial charge in [0.25, 0.3) is 0 Å². The molecule has 2 heteroatoms. The normalized spacial score (nSPS) is 14.7. The summed E-state index contributed by atoms with van der Waals surface area (Å²) in [6.07, 6.45) is 2.76. The zero-order valence-corrected chi connectivity index (χ0v) is 12.1. The maximum Gasteiger partial charge on any atom is 0.219 e. The molecular weight excluding hydrogens is 198 g/mol. The molecule has 0 fully saturated rings. The fourth-order valence-corrected chi connectivity index (χ4v) is 1.60. The molecule has 0 radical (unpaired) electrons. The van der Waals surface area contributed by atoms with Gasteiger partial charge in [-0.15, -0.1) is 0 Å². The average molecular weight is 227 g/mol. The fourth-order valence-electron chi connectivity index (χ4n) is 1.60. The van der Waals surface area contributed by atoms with Gasteiger partial charge in [0.05, 0.1) is 0 Å². The molecule has 1 unspecified atom stereocenters. The predicted molar refractivity (Wildman–Crippen MR) is 70.4 cm³/mol. The number of rotatable bonds is 4. The van der Waals surface area contributed by atoms with Gasteiger partial charge in [-0.2, -0.15) is 0 Å². The van der Waals surface area contributed by atoms with E-state index in [0.717, 1.165) is 12.8 Å². The van der Waals surface area contributed by atoms with E-state index >= 15 is 0 Å². The van der Waals surface area contributed by atoms with E-state index in [-0.39, 0.29) is 17.4 Å². The van der Waals surface area contributed by atoms with Crippen LogP contribution in [0.25, 0.3) is 0 Å². The van der Waals surface area contributed by atoms with Crippen LogP contribution in [0.15, 0.2) is 0 Å². The third-order valence-corrected chi connectivity index (χ3v) is 2.88. The first-order valence-corrected chi connectivity index (χ1v) is 6.35. The third kappa shape index (κ3) is 6.86. The van der Waals surface area contributed by atoms with Gasteiger partial charge in [-0.25, -0.2) is 0 Å². The summed E-state index contributed by atoms with van der Waals surface area (Å²) in [6.45, 7) is 15.2. The number of carbonyl (C=O) groups excluding carboxylic acids is 1. The second-order valence-electron chi connectivity index (χ2n) is 6.94. The molecule has 0 spiro atoms. The second-order valence-corrected chi connectivity index (χ2v) is 6.94. The molecule has 0 aliphatic carbocycles. The monoisotopic (exact) mass is 227 g/mol. The summed E-state index contributed by atoms with van der Waals surface area (Å²) >= 11 is 0. The van der Waals surface area contributed by atoms with E-state index in [1.165, 1.54) is 0 Å². The van der Waals surface area contributed by atoms with Crippen LogP contribution in [0, 0.1) is 10.8 Å². The van der Waals surface area contributed by atoms with Gasteiger partial charge in [-0.05, 0) is 23.7 Å². The SMILES string of the molecule is CCC(=O)NC(CCC(C)(C)C)C(C)(C)C. The number of amides is 1. The molecule has 0 aromatic rings. The van der Waals surface area contributed by atoms with Crippen LogP contribution in [0.3, 0.4) is 0 Å². The molecule has 2 nitrogen and oxygen atoms in total. The van der Waals surface area contributed by atoms with Gasteiger partial charge < -0.3 is 5.32 Å². The van der Waals surface area contributed by atoms with Crippen LogP contribution in [0.1, 0.15) is 67.7 Å². The van der Waals surface area contributed by atoms with Crippen LogP contribution in [-0.4, -0.2) is 11.9 Å². The van der Waals surface area contributed by atoms with Crippen molar-refractivity contribution in [2.75, 3.05) is 0 Å². The van der Waals surface area contributed by atoms with E-state index < -0.39 is 0 Å². The Bertz CT molecular complexity index is 220. The zero-order valence-electron chi connectivity index (χ0n) is 12.1. The number of hydrogen-bond acceptors (Lipinski definition) is 1. The van der Waals surface area contributed by atoms with E-state index in [1.54, 1.807) is 0 Å². The minimum absolute atomic E-state index is 0.135. The molecular formula is C14H29NO. The van der Waals surface area contributed by atoms with E-state index in [2.05, 4.69) is 46.9 Å². The summed E-state index contributed by atoms with van der Waals surface area (Å²) in [5, 5.41) is 3.14. The van der Waals surface area contributed by atoms with Gasteiger partial charge in [0.15, 0.2) is 0 Å². The number of hydrogen-bond donors (Lipinski definition) is 1. The van der Waals surface area contributed by atoms with Crippen molar-refractivity contribution in [3.05, 3.63) is 0 Å². The molecule has 0 rings (SSSR count). The van der Waals surface area contributed by atoms with Crippen LogP contribution in [-0.2, 0) is 4.79 Å². The molecule has 1 atom stereocenters. The van der Waals surface area contributed by atoms with E-state index in [0.29, 0.717) is 11.8 Å². The highest BCUT2D eigenvalue weighted by atomic mass is 16.1. The lowest BCUT2D eigenvalue weighted by Gasteiger charge is -2.33. The summed E-state index contributed by atoms with van der Waals surface area (Å²) in [7, 11) is 0. The van der Waals surface area contributed by atoms with Gasteiger partial charge in [0.1, 0.15) is 0 Å². The van der Waals surface area contributed by atoms with Crippen molar-refractivity contribution in [2.45, 2.75) is 73.8 Å². The Kier molecular flexibility index (Phi) is 5.51. The molecule has 1 amide bonds. The lowest BCUT2D eigenvalue weighted by atomic mass is 9.79. The topological polar surface area (TPSA) is 29.1 Å². The Morgan fingerprint density at radius 3 is 1.94 bits per heavy atom. The summed E-state index contributed by atoms with van der Waals surface area (Å²) in [5.41, 5.74) is 0.469. The van der Waals surface area contributed by atoms with Crippen molar-refractivity contribution in [2.24, 2.45) is 10.8 Å². The van der Waals surface area contributed by atoms with Crippen LogP contribution in [0.5, 0.6) is 0 Å². The minimum atomic E-state index is 0.135. The first kappa shape index (κ1) is 15.5. The van der Waals surface area contributed by atoms with E-state index in [9.17, 15) is 4.79 Å². The van der Waals surface area contributed by atoms with Crippen LogP contribution in [0.2, 0.25) is 0 Å². The maximum absolute atomic E-state index is 11.5. The summed E-state index contributed by atoms with van der Waals surface area (Å²) in [4.78, 5) is 11.5. The van der Waals surface area contributed by atoms with Crippen molar-refractivity contribution in [1.82, 2.24) is 5.32 Å². The Hall–Kier alpha value is -0.530. The van der Waals surface area contributed by atoms with Crippen molar-refractivity contribution < 1.29 is 4.79 Å². The van der Waals surface area contributed by atoms with Gasteiger partial charge in [-0.1, -0.05) is 48.5 Å². The Morgan fingerprint density at radius 1 is 1.12 bits per heavy atom. The Balaban J connectivity index is 4.40. The molecule has 16 heavy (non-hydrogen) atoms. The van der Waals surface area contributed by atoms with Crippen molar-refractivity contribution in [3.8, 4) is 0 Å². The van der Waals surface area contributed by atoms with Crippen LogP contribution in [0.4, 0.5) is 0 Å². The predicted octanol–water partition coefficient (Wildman–Crippen LogP) is 3.75. The third-order valence-electron chi connectivity index (χ3n) is 2.88. The average Bonchev–Trinajstić information content (AvgIpc) is 2.08. The molecule has 0 saturated carbocycles. The molecule has 1 N–H and O–H groups in total. The molecule has 0 bridgehead atoms. The molecule has 0 aliphatic rings. The molecule has 0 saturated heterocycles. The zero-order chi connectivity index (χ0) is 13.0. The van der Waals surface area contributed by atoms with Crippen molar-refractivity contribution in [3.63, 3.8) is 0 Å². The highest BCUT2D eigenvalue weighted by molar-refractivity contribution is 5.75. The largest absolute Gasteiger partial charge is 0.353 e. The Morgan fingerprint density at radius 2 is 1.62 bits per heavy atom. The summed E-state index contributed by atoms with van der Waals surface area (Å²) < 4.78 is 0. The quantitative estimate of drug-likeness (QED) is 0.778. The number of nitrogens with one attached hydrogen (secondary N) is 1. The van der Waals surface area contributed by atoms with Gasteiger partial charge in [0, 0.05) is 12.5 Å². The standard InChI is InChI=1S/C14H29NO/c1-8-12(16)15-11(14(5,6)7)9-10-13(2,3)4/h11H,8-10H2,1-7H3,(H,15,16). The molecule has 0 aromatic carbocycles. The molecule has 0 aromatic heterocycles. The van der Waals surface area contributed by atoms with Crippen molar-refractivity contribution in [1.29, 1.82) is 0 Å². The maximum atomic E-state index is 11.5.